The summed E-state index contributed by atoms with van der Waals surface area (Å²) in [6.07, 6.45) is 93.6. The molecule has 0 aromatic heterocycles. The average Bonchev–Trinajstić information content (AvgIpc) is 3.58. The molecule has 0 spiro atoms. The maximum Gasteiger partial charge on any atom is 0.268 e. The molecule has 0 radical (unpaired) electrons. The monoisotopic (exact) mass is 1260 g/mol. The number of aliphatic hydroxyl groups excluding tert-OH is 1. The Morgan fingerprint density at radius 1 is 0.386 bits per heavy atom. The van der Waals surface area contributed by atoms with E-state index in [0.717, 1.165) is 38.5 Å². The number of carbonyl (C=O) groups excluding carboxylic acids is 1. The fraction of sp³-hybridized carbons (Fsp3) is 0.937. The van der Waals surface area contributed by atoms with Crippen molar-refractivity contribution in [2.24, 2.45) is 0 Å². The third kappa shape index (κ3) is 72.4. The molecule has 1 amide bonds. The number of carbonyl (C=O) groups is 1. The van der Waals surface area contributed by atoms with Crippen LogP contribution in [0, 0.1) is 0 Å². The van der Waals surface area contributed by atoms with E-state index < -0.39 is 20.0 Å². The number of phosphoric acid groups is 1. The molecule has 88 heavy (non-hydrogen) atoms. The first-order chi connectivity index (χ1) is 43.0. The van der Waals surface area contributed by atoms with E-state index >= 15 is 0 Å². The second-order valence-corrected chi connectivity index (χ2v) is 30.2. The van der Waals surface area contributed by atoms with Crippen molar-refractivity contribution < 1.29 is 32.9 Å². The van der Waals surface area contributed by atoms with Crippen LogP contribution >= 0.6 is 7.82 Å². The van der Waals surface area contributed by atoms with Crippen LogP contribution in [-0.2, 0) is 18.4 Å². The van der Waals surface area contributed by atoms with E-state index in [0.29, 0.717) is 17.4 Å². The highest BCUT2D eigenvalue weighted by molar-refractivity contribution is 7.45. The van der Waals surface area contributed by atoms with Gasteiger partial charge >= 0.3 is 0 Å². The molecule has 0 aliphatic rings. The molecule has 2 N–H and O–H groups in total. The minimum absolute atomic E-state index is 0.00327. The Labute approximate surface area is 551 Å². The Morgan fingerprint density at radius 2 is 0.636 bits per heavy atom. The number of nitrogens with one attached hydrogen (secondary N) is 1. The van der Waals surface area contributed by atoms with Crippen LogP contribution in [0.4, 0.5) is 0 Å². The average molecular weight is 1260 g/mol. The predicted octanol–water partition coefficient (Wildman–Crippen LogP) is 25.2. The summed E-state index contributed by atoms with van der Waals surface area (Å²) in [6, 6.07) is -0.903. The first-order valence-corrected chi connectivity index (χ1v) is 41.2. The number of allylic oxidation sites excluding steroid dienone is 3. The first-order valence-electron chi connectivity index (χ1n) is 39.7. The van der Waals surface area contributed by atoms with Crippen LogP contribution in [0.25, 0.3) is 0 Å². The second-order valence-electron chi connectivity index (χ2n) is 28.8. The minimum atomic E-state index is -4.61. The number of hydrogen-bond donors (Lipinski definition) is 2. The molecule has 0 aromatic rings. The highest BCUT2D eigenvalue weighted by Crippen LogP contribution is 2.38. The van der Waals surface area contributed by atoms with Gasteiger partial charge in [0.15, 0.2) is 0 Å². The van der Waals surface area contributed by atoms with Gasteiger partial charge in [-0.05, 0) is 32.1 Å². The predicted molar refractivity (Wildman–Crippen MR) is 385 cm³/mol. The number of phosphoric ester groups is 1. The summed E-state index contributed by atoms with van der Waals surface area (Å²) in [5.74, 6) is -0.197. The zero-order valence-corrected chi connectivity index (χ0v) is 61.1. The molecule has 8 nitrogen and oxygen atoms in total. The molecule has 0 heterocycles. The van der Waals surface area contributed by atoms with E-state index in [9.17, 15) is 19.4 Å². The number of hydrogen-bond acceptors (Lipinski definition) is 6. The molecule has 0 aromatic carbocycles. The fourth-order valence-corrected chi connectivity index (χ4v) is 13.3. The van der Waals surface area contributed by atoms with E-state index in [2.05, 4.69) is 31.3 Å². The molecule has 3 atom stereocenters. The van der Waals surface area contributed by atoms with Gasteiger partial charge in [0.1, 0.15) is 13.2 Å². The lowest BCUT2D eigenvalue weighted by molar-refractivity contribution is -0.870. The summed E-state index contributed by atoms with van der Waals surface area (Å²) in [6.45, 7) is 4.71. The number of amides is 1. The van der Waals surface area contributed by atoms with Gasteiger partial charge in [-0.2, -0.15) is 0 Å². The molecule has 0 fully saturated rings. The smallest absolute Gasteiger partial charge is 0.268 e. The van der Waals surface area contributed by atoms with E-state index in [1.807, 2.05) is 27.2 Å². The summed E-state index contributed by atoms with van der Waals surface area (Å²) in [5, 5.41) is 14.0. The van der Waals surface area contributed by atoms with E-state index in [4.69, 9.17) is 9.05 Å². The van der Waals surface area contributed by atoms with Gasteiger partial charge in [-0.15, -0.1) is 0 Å². The van der Waals surface area contributed by atoms with Gasteiger partial charge in [-0.25, -0.2) is 0 Å². The molecule has 0 saturated heterocycles. The van der Waals surface area contributed by atoms with Crippen LogP contribution in [0.1, 0.15) is 425 Å². The van der Waals surface area contributed by atoms with Gasteiger partial charge in [0.05, 0.1) is 39.9 Å². The summed E-state index contributed by atoms with van der Waals surface area (Å²) in [5.41, 5.74) is 0. The number of aliphatic hydroxyl groups is 1. The SMILES string of the molecule is CCCCCCCCCCCCCCCCCCCCCCCCCC/C=C/CC/C=C/C(O)C(COP(=O)([O-])OCC[N+](C)(C)C)NC(=O)CCCCCCCCCCCCCCCCCCCCCCCCCCCCCCCCCCCCCC. The van der Waals surface area contributed by atoms with Crippen LogP contribution in [0.3, 0.4) is 0 Å². The zero-order valence-electron chi connectivity index (χ0n) is 60.2. The Hall–Kier alpha value is -1.02. The lowest BCUT2D eigenvalue weighted by Gasteiger charge is -2.29. The van der Waals surface area contributed by atoms with Crippen LogP contribution in [0.5, 0.6) is 0 Å². The van der Waals surface area contributed by atoms with E-state index in [1.54, 1.807) is 6.08 Å². The van der Waals surface area contributed by atoms with Crippen molar-refractivity contribution in [2.45, 2.75) is 437 Å². The molecule has 0 rings (SSSR count). The molecular weight excluding hydrogens is 1100 g/mol. The highest BCUT2D eigenvalue weighted by atomic mass is 31.2. The Balaban J connectivity index is 3.96. The molecule has 524 valence electrons. The summed E-state index contributed by atoms with van der Waals surface area (Å²) < 4.78 is 23.5. The fourth-order valence-electron chi connectivity index (χ4n) is 12.5. The minimum Gasteiger partial charge on any atom is -0.756 e. The molecule has 3 unspecified atom stereocenters. The van der Waals surface area contributed by atoms with Gasteiger partial charge in [0.25, 0.3) is 7.82 Å². The Morgan fingerprint density at radius 3 is 0.920 bits per heavy atom. The van der Waals surface area contributed by atoms with Gasteiger partial charge in [0.2, 0.25) is 5.91 Å². The van der Waals surface area contributed by atoms with Crippen molar-refractivity contribution in [1.29, 1.82) is 0 Å². The molecule has 0 aliphatic heterocycles. The normalized spacial score (nSPS) is 13.6. The van der Waals surface area contributed by atoms with E-state index in [1.165, 1.54) is 366 Å². The Kier molecular flexibility index (Phi) is 69.5. The molecule has 9 heteroatoms. The Bertz CT molecular complexity index is 1480. The van der Waals surface area contributed by atoms with Gasteiger partial charge in [-0.3, -0.25) is 9.36 Å². The summed E-state index contributed by atoms with van der Waals surface area (Å²) >= 11 is 0. The largest absolute Gasteiger partial charge is 0.756 e. The van der Waals surface area contributed by atoms with Crippen molar-refractivity contribution in [1.82, 2.24) is 5.32 Å². The highest BCUT2D eigenvalue weighted by Gasteiger charge is 2.23. The topological polar surface area (TPSA) is 108 Å². The van der Waals surface area contributed by atoms with Gasteiger partial charge in [0, 0.05) is 6.42 Å². The number of likely N-dealkylation sites (N-methyl/N-ethyl adjacent to an activating group) is 1. The molecule has 0 saturated carbocycles. The van der Waals surface area contributed by atoms with Crippen LogP contribution in [0.2, 0.25) is 0 Å². The maximum atomic E-state index is 13.1. The van der Waals surface area contributed by atoms with Crippen molar-refractivity contribution in [2.75, 3.05) is 40.9 Å². The van der Waals surface area contributed by atoms with Crippen LogP contribution < -0.4 is 10.2 Å². The quantitative estimate of drug-likeness (QED) is 0.0272. The number of quaternary nitrogens is 1. The van der Waals surface area contributed by atoms with Crippen LogP contribution in [0.15, 0.2) is 24.3 Å². The summed E-state index contributed by atoms with van der Waals surface area (Å²) in [7, 11) is 1.27. The number of unbranched alkanes of at least 4 members (excludes halogenated alkanes) is 60. The van der Waals surface area contributed by atoms with Crippen LogP contribution in [-0.4, -0.2) is 68.5 Å². The van der Waals surface area contributed by atoms with E-state index in [-0.39, 0.29) is 19.1 Å². The third-order valence-electron chi connectivity index (χ3n) is 18.7. The summed E-state index contributed by atoms with van der Waals surface area (Å²) in [4.78, 5) is 25.7. The second kappa shape index (κ2) is 70.3. The van der Waals surface area contributed by atoms with Gasteiger partial charge in [-0.1, -0.05) is 411 Å². The van der Waals surface area contributed by atoms with Crippen molar-refractivity contribution >= 4 is 13.7 Å². The number of nitrogens with zero attached hydrogens (tertiary/aromatic N) is 1. The molecule has 0 bridgehead atoms. The standard InChI is InChI=1S/C79H157N2O6P/c1-6-8-10-12-14-16-18-20-22-24-26-28-30-32-34-36-38-39-40-41-42-43-45-47-49-51-53-55-57-59-61-63-65-67-69-71-73-79(83)80-77(76-87-88(84,85)86-75-74-81(3,4)5)78(82)72-70-68-66-64-62-60-58-56-54-52-50-48-46-44-37-35-33-31-29-27-25-23-21-19-17-15-13-11-9-7-2/h62,64,70,72,77-78,82H,6-61,63,65-69,71,73-76H2,1-5H3,(H-,80,83,84,85)/b64-62+,72-70+. The van der Waals surface area contributed by atoms with Crippen molar-refractivity contribution in [3.63, 3.8) is 0 Å². The third-order valence-corrected chi connectivity index (χ3v) is 19.6. The van der Waals surface area contributed by atoms with Gasteiger partial charge < -0.3 is 28.8 Å². The molecule has 0 aliphatic carbocycles. The lowest BCUT2D eigenvalue weighted by atomic mass is 10.0. The first kappa shape index (κ1) is 87.0. The molecular formula is C79H157N2O6P. The maximum absolute atomic E-state index is 13.1. The number of rotatable bonds is 75. The van der Waals surface area contributed by atoms with Crippen molar-refractivity contribution in [3.8, 4) is 0 Å². The van der Waals surface area contributed by atoms with Crippen molar-refractivity contribution in [3.05, 3.63) is 24.3 Å². The zero-order chi connectivity index (χ0) is 64.1. The lowest BCUT2D eigenvalue weighted by Crippen LogP contribution is -2.45.